The Morgan fingerprint density at radius 1 is 1.39 bits per heavy atom. The molecule has 0 radical (unpaired) electrons. The molecule has 0 amide bonds. The highest BCUT2D eigenvalue weighted by Gasteiger charge is 2.45. The molecule has 1 unspecified atom stereocenters. The minimum atomic E-state index is -0.538. The average molecular weight is 247 g/mol. The molecule has 1 aliphatic heterocycles. The predicted molar refractivity (Wildman–Crippen MR) is 68.4 cm³/mol. The van der Waals surface area contributed by atoms with E-state index >= 15 is 0 Å². The molecular weight excluding hydrogens is 230 g/mol. The van der Waals surface area contributed by atoms with Crippen LogP contribution < -0.4 is 0 Å². The molecular formula is C14H17NO3. The SMILES string of the molecule is CCOC(=O)C1=NOC(C)(C)C1c1ccccc1. The van der Waals surface area contributed by atoms with Crippen LogP contribution in [0.3, 0.4) is 0 Å². The zero-order valence-corrected chi connectivity index (χ0v) is 10.8. The lowest BCUT2D eigenvalue weighted by atomic mass is 9.82. The third kappa shape index (κ3) is 2.23. The Morgan fingerprint density at radius 3 is 2.67 bits per heavy atom. The summed E-state index contributed by atoms with van der Waals surface area (Å²) in [5.41, 5.74) is 0.809. The van der Waals surface area contributed by atoms with Crippen molar-refractivity contribution in [1.82, 2.24) is 0 Å². The van der Waals surface area contributed by atoms with E-state index in [0.717, 1.165) is 5.56 Å². The summed E-state index contributed by atoms with van der Waals surface area (Å²) < 4.78 is 5.02. The fourth-order valence-corrected chi connectivity index (χ4v) is 2.17. The number of carbonyl (C=O) groups excluding carboxylic acids is 1. The van der Waals surface area contributed by atoms with Gasteiger partial charge in [-0.1, -0.05) is 35.5 Å². The molecule has 0 aliphatic carbocycles. The maximum atomic E-state index is 11.9. The summed E-state index contributed by atoms with van der Waals surface area (Å²) in [4.78, 5) is 17.3. The van der Waals surface area contributed by atoms with Crippen molar-refractivity contribution in [2.75, 3.05) is 6.61 Å². The zero-order chi connectivity index (χ0) is 13.2. The molecule has 96 valence electrons. The van der Waals surface area contributed by atoms with Crippen LogP contribution in [0.5, 0.6) is 0 Å². The molecule has 1 aromatic rings. The van der Waals surface area contributed by atoms with Gasteiger partial charge in [0.05, 0.1) is 12.5 Å². The molecule has 0 fully saturated rings. The summed E-state index contributed by atoms with van der Waals surface area (Å²) in [5.74, 6) is -0.602. The molecule has 1 atom stereocenters. The van der Waals surface area contributed by atoms with E-state index in [1.165, 1.54) is 0 Å². The van der Waals surface area contributed by atoms with Crippen molar-refractivity contribution >= 4 is 11.7 Å². The van der Waals surface area contributed by atoms with Crippen molar-refractivity contribution in [2.45, 2.75) is 32.3 Å². The van der Waals surface area contributed by atoms with Gasteiger partial charge >= 0.3 is 5.97 Å². The molecule has 1 aromatic carbocycles. The molecule has 0 aromatic heterocycles. The first kappa shape index (κ1) is 12.6. The van der Waals surface area contributed by atoms with Crippen LogP contribution in [0.15, 0.2) is 35.5 Å². The second kappa shape index (κ2) is 4.80. The van der Waals surface area contributed by atoms with Gasteiger partial charge in [-0.15, -0.1) is 0 Å². The summed E-state index contributed by atoms with van der Waals surface area (Å²) in [7, 11) is 0. The van der Waals surface area contributed by atoms with E-state index in [-0.39, 0.29) is 5.92 Å². The summed E-state index contributed by atoms with van der Waals surface area (Å²) in [5, 5.41) is 3.91. The second-order valence-electron chi connectivity index (χ2n) is 4.74. The number of benzene rings is 1. The minimum absolute atomic E-state index is 0.197. The Hall–Kier alpha value is -1.84. The van der Waals surface area contributed by atoms with Gasteiger partial charge in [-0.25, -0.2) is 4.79 Å². The molecule has 0 N–H and O–H groups in total. The van der Waals surface area contributed by atoms with Gasteiger partial charge in [-0.05, 0) is 26.3 Å². The van der Waals surface area contributed by atoms with Crippen LogP contribution in [0.2, 0.25) is 0 Å². The van der Waals surface area contributed by atoms with Crippen molar-refractivity contribution in [3.05, 3.63) is 35.9 Å². The van der Waals surface area contributed by atoms with E-state index in [9.17, 15) is 4.79 Å². The fourth-order valence-electron chi connectivity index (χ4n) is 2.17. The fraction of sp³-hybridized carbons (Fsp3) is 0.429. The lowest BCUT2D eigenvalue weighted by Gasteiger charge is -2.24. The first-order chi connectivity index (χ1) is 8.56. The zero-order valence-electron chi connectivity index (χ0n) is 10.8. The standard InChI is InChI=1S/C14H17NO3/c1-4-17-13(16)12-11(14(2,3)18-15-12)10-8-6-5-7-9-10/h5-9,11H,4H2,1-3H3. The van der Waals surface area contributed by atoms with Crippen molar-refractivity contribution < 1.29 is 14.4 Å². The molecule has 4 nitrogen and oxygen atoms in total. The molecule has 0 saturated carbocycles. The van der Waals surface area contributed by atoms with Crippen LogP contribution >= 0.6 is 0 Å². The van der Waals surface area contributed by atoms with Gasteiger partial charge in [0.2, 0.25) is 0 Å². The van der Waals surface area contributed by atoms with Gasteiger partial charge in [0.25, 0.3) is 0 Å². The highest BCUT2D eigenvalue weighted by Crippen LogP contribution is 2.37. The van der Waals surface area contributed by atoms with E-state index in [2.05, 4.69) is 5.16 Å². The van der Waals surface area contributed by atoms with Gasteiger partial charge in [0.15, 0.2) is 5.71 Å². The number of ether oxygens (including phenoxy) is 1. The van der Waals surface area contributed by atoms with E-state index in [4.69, 9.17) is 9.57 Å². The maximum Gasteiger partial charge on any atom is 0.356 e. The molecule has 0 spiro atoms. The van der Waals surface area contributed by atoms with Gasteiger partial charge < -0.3 is 9.57 Å². The Labute approximate surface area is 107 Å². The normalized spacial score (nSPS) is 21.1. The van der Waals surface area contributed by atoms with Gasteiger partial charge in [0, 0.05) is 0 Å². The van der Waals surface area contributed by atoms with Crippen LogP contribution in [0, 0.1) is 0 Å². The number of nitrogens with zero attached hydrogens (tertiary/aromatic N) is 1. The lowest BCUT2D eigenvalue weighted by molar-refractivity contribution is -0.135. The van der Waals surface area contributed by atoms with Crippen LogP contribution in [0.25, 0.3) is 0 Å². The lowest BCUT2D eigenvalue weighted by Crippen LogP contribution is -2.34. The van der Waals surface area contributed by atoms with Crippen molar-refractivity contribution in [1.29, 1.82) is 0 Å². The van der Waals surface area contributed by atoms with Crippen LogP contribution in [-0.2, 0) is 14.4 Å². The Morgan fingerprint density at radius 2 is 2.06 bits per heavy atom. The first-order valence-electron chi connectivity index (χ1n) is 6.04. The summed E-state index contributed by atoms with van der Waals surface area (Å²) in [6, 6.07) is 9.75. The van der Waals surface area contributed by atoms with Gasteiger partial charge in [-0.3, -0.25) is 0 Å². The first-order valence-corrected chi connectivity index (χ1v) is 6.04. The smallest absolute Gasteiger partial charge is 0.356 e. The van der Waals surface area contributed by atoms with Crippen molar-refractivity contribution in [3.63, 3.8) is 0 Å². The monoisotopic (exact) mass is 247 g/mol. The highest BCUT2D eigenvalue weighted by molar-refractivity contribution is 6.39. The summed E-state index contributed by atoms with van der Waals surface area (Å²) in [6.45, 7) is 5.94. The molecule has 4 heteroatoms. The number of carbonyl (C=O) groups is 1. The third-order valence-electron chi connectivity index (χ3n) is 2.97. The van der Waals surface area contributed by atoms with E-state index in [1.54, 1.807) is 6.92 Å². The largest absolute Gasteiger partial charge is 0.461 e. The minimum Gasteiger partial charge on any atom is -0.461 e. The van der Waals surface area contributed by atoms with Crippen molar-refractivity contribution in [2.24, 2.45) is 5.16 Å². The molecule has 0 saturated heterocycles. The van der Waals surface area contributed by atoms with Gasteiger partial charge in [-0.2, -0.15) is 0 Å². The molecule has 18 heavy (non-hydrogen) atoms. The summed E-state index contributed by atoms with van der Waals surface area (Å²) in [6.07, 6.45) is 0. The molecule has 0 bridgehead atoms. The quantitative estimate of drug-likeness (QED) is 0.771. The number of esters is 1. The van der Waals surface area contributed by atoms with Gasteiger partial charge in [0.1, 0.15) is 5.60 Å². The molecule has 1 aliphatic rings. The number of rotatable bonds is 3. The molecule has 2 rings (SSSR count). The Bertz CT molecular complexity index is 465. The van der Waals surface area contributed by atoms with Crippen molar-refractivity contribution in [3.8, 4) is 0 Å². The van der Waals surface area contributed by atoms with Crippen LogP contribution in [-0.4, -0.2) is 23.9 Å². The second-order valence-corrected chi connectivity index (χ2v) is 4.74. The Balaban J connectivity index is 2.34. The maximum absolute atomic E-state index is 11.9. The number of hydrogen-bond acceptors (Lipinski definition) is 4. The third-order valence-corrected chi connectivity index (χ3v) is 2.97. The Kier molecular flexibility index (Phi) is 3.36. The van der Waals surface area contributed by atoms with E-state index < -0.39 is 11.6 Å². The van der Waals surface area contributed by atoms with E-state index in [0.29, 0.717) is 12.3 Å². The van der Waals surface area contributed by atoms with E-state index in [1.807, 2.05) is 44.2 Å². The number of hydrogen-bond donors (Lipinski definition) is 0. The molecule has 1 heterocycles. The van der Waals surface area contributed by atoms with Crippen LogP contribution in [0.1, 0.15) is 32.3 Å². The van der Waals surface area contributed by atoms with Crippen LogP contribution in [0.4, 0.5) is 0 Å². The topological polar surface area (TPSA) is 47.9 Å². The average Bonchev–Trinajstić information content (AvgIpc) is 2.66. The summed E-state index contributed by atoms with van der Waals surface area (Å²) >= 11 is 0. The number of oxime groups is 1. The predicted octanol–water partition coefficient (Wildman–Crippen LogP) is 2.50. The highest BCUT2D eigenvalue weighted by atomic mass is 16.7.